The molecular weight excluding hydrogens is 415 g/mol. The molecule has 1 saturated carbocycles. The number of carbonyl (C=O) groups is 1. The van der Waals surface area contributed by atoms with Crippen molar-refractivity contribution >= 4 is 17.7 Å². The molecule has 0 spiro atoms. The second kappa shape index (κ2) is 10.6. The highest BCUT2D eigenvalue weighted by Gasteiger charge is 2.26. The van der Waals surface area contributed by atoms with Crippen LogP contribution in [-0.2, 0) is 16.1 Å². The molecule has 1 atom stereocenters. The topological polar surface area (TPSA) is 60.2 Å². The number of aromatic nitrogens is 3. The van der Waals surface area contributed by atoms with Crippen LogP contribution in [0.2, 0.25) is 0 Å². The lowest BCUT2D eigenvalue weighted by molar-refractivity contribution is -0.131. The summed E-state index contributed by atoms with van der Waals surface area (Å²) < 4.78 is 21.3. The van der Waals surface area contributed by atoms with Crippen LogP contribution in [0.5, 0.6) is 0 Å². The maximum atomic E-state index is 13.4. The third-order valence-electron chi connectivity index (χ3n) is 6.23. The van der Waals surface area contributed by atoms with Crippen LogP contribution in [-0.4, -0.2) is 56.6 Å². The highest BCUT2D eigenvalue weighted by molar-refractivity contribution is 7.99. The van der Waals surface area contributed by atoms with E-state index in [-0.39, 0.29) is 17.8 Å². The van der Waals surface area contributed by atoms with Gasteiger partial charge in [-0.05, 0) is 56.9 Å². The van der Waals surface area contributed by atoms with Crippen LogP contribution in [0.4, 0.5) is 4.39 Å². The van der Waals surface area contributed by atoms with Gasteiger partial charge in [-0.15, -0.1) is 10.2 Å². The van der Waals surface area contributed by atoms with Crippen molar-refractivity contribution in [3.63, 3.8) is 0 Å². The number of amides is 1. The van der Waals surface area contributed by atoms with E-state index in [4.69, 9.17) is 4.74 Å². The number of carbonyl (C=O) groups excluding carboxylic acids is 1. The standard InChI is InChI=1S/C23H31FN4O2S/c1-2-27(19-7-4-3-5-8-19)21(29)16-31-23-26-25-22(17-10-12-18(24)13-11-17)28(23)15-20-9-6-14-30-20/h10-13,19-20H,2-9,14-16H2,1H3. The maximum absolute atomic E-state index is 13.4. The third kappa shape index (κ3) is 5.47. The highest BCUT2D eigenvalue weighted by Crippen LogP contribution is 2.28. The maximum Gasteiger partial charge on any atom is 0.233 e. The van der Waals surface area contributed by atoms with E-state index in [2.05, 4.69) is 17.1 Å². The normalized spacial score (nSPS) is 19.6. The van der Waals surface area contributed by atoms with Crippen LogP contribution in [0.3, 0.4) is 0 Å². The molecule has 1 aromatic carbocycles. The Hall–Kier alpha value is -1.93. The van der Waals surface area contributed by atoms with Crippen molar-refractivity contribution in [2.24, 2.45) is 0 Å². The van der Waals surface area contributed by atoms with Crippen LogP contribution < -0.4 is 0 Å². The zero-order valence-corrected chi connectivity index (χ0v) is 19.0. The lowest BCUT2D eigenvalue weighted by atomic mass is 9.94. The Morgan fingerprint density at radius 3 is 2.61 bits per heavy atom. The van der Waals surface area contributed by atoms with Gasteiger partial charge in [-0.1, -0.05) is 31.0 Å². The Labute approximate surface area is 187 Å². The van der Waals surface area contributed by atoms with Gasteiger partial charge in [-0.25, -0.2) is 4.39 Å². The summed E-state index contributed by atoms with van der Waals surface area (Å²) in [5.74, 6) is 0.910. The van der Waals surface area contributed by atoms with Crippen LogP contribution in [0.1, 0.15) is 51.9 Å². The first-order valence-electron chi connectivity index (χ1n) is 11.4. The quantitative estimate of drug-likeness (QED) is 0.558. The minimum Gasteiger partial charge on any atom is -0.376 e. The van der Waals surface area contributed by atoms with Gasteiger partial charge in [-0.2, -0.15) is 0 Å². The monoisotopic (exact) mass is 446 g/mol. The molecule has 1 aliphatic carbocycles. The summed E-state index contributed by atoms with van der Waals surface area (Å²) in [6, 6.07) is 6.66. The zero-order valence-electron chi connectivity index (χ0n) is 18.1. The van der Waals surface area contributed by atoms with Gasteiger partial charge in [0.1, 0.15) is 5.82 Å². The highest BCUT2D eigenvalue weighted by atomic mass is 32.2. The summed E-state index contributed by atoms with van der Waals surface area (Å²) in [6.45, 7) is 4.21. The fourth-order valence-electron chi connectivity index (χ4n) is 4.60. The van der Waals surface area contributed by atoms with Gasteiger partial charge < -0.3 is 9.64 Å². The van der Waals surface area contributed by atoms with Crippen LogP contribution in [0, 0.1) is 5.82 Å². The predicted octanol–water partition coefficient (Wildman–Crippen LogP) is 4.54. The number of nitrogens with zero attached hydrogens (tertiary/aromatic N) is 4. The second-order valence-corrected chi connectivity index (χ2v) is 9.26. The van der Waals surface area contributed by atoms with Crippen molar-refractivity contribution in [2.75, 3.05) is 18.9 Å². The second-order valence-electron chi connectivity index (χ2n) is 8.32. The molecule has 1 aromatic heterocycles. The lowest BCUT2D eigenvalue weighted by Gasteiger charge is -2.33. The van der Waals surface area contributed by atoms with Crippen LogP contribution in [0.25, 0.3) is 11.4 Å². The van der Waals surface area contributed by atoms with Crippen molar-refractivity contribution in [1.82, 2.24) is 19.7 Å². The Morgan fingerprint density at radius 1 is 1.16 bits per heavy atom. The summed E-state index contributed by atoms with van der Waals surface area (Å²) in [4.78, 5) is 15.0. The summed E-state index contributed by atoms with van der Waals surface area (Å²) in [6.07, 6.45) is 8.05. The molecule has 4 rings (SSSR count). The number of benzene rings is 1. The first kappa shape index (κ1) is 22.3. The number of hydrogen-bond donors (Lipinski definition) is 0. The molecule has 2 heterocycles. The van der Waals surface area contributed by atoms with Gasteiger partial charge in [0, 0.05) is 24.8 Å². The van der Waals surface area contributed by atoms with Gasteiger partial charge in [0.15, 0.2) is 11.0 Å². The van der Waals surface area contributed by atoms with Crippen LogP contribution >= 0.6 is 11.8 Å². The average molecular weight is 447 g/mol. The molecule has 1 amide bonds. The smallest absolute Gasteiger partial charge is 0.233 e. The number of thioether (sulfide) groups is 1. The van der Waals surface area contributed by atoms with E-state index in [0.717, 1.165) is 44.4 Å². The van der Waals surface area contributed by atoms with Crippen molar-refractivity contribution in [3.05, 3.63) is 30.1 Å². The molecule has 2 aromatic rings. The number of ether oxygens (including phenoxy) is 1. The SMILES string of the molecule is CCN(C(=O)CSc1nnc(-c2ccc(F)cc2)n1CC1CCCO1)C1CCCCC1. The number of rotatable bonds is 8. The number of hydrogen-bond acceptors (Lipinski definition) is 5. The molecule has 1 unspecified atom stereocenters. The molecule has 0 N–H and O–H groups in total. The van der Waals surface area contributed by atoms with Gasteiger partial charge in [0.05, 0.1) is 18.4 Å². The number of halogens is 1. The molecule has 0 bridgehead atoms. The van der Waals surface area contributed by atoms with Gasteiger partial charge in [-0.3, -0.25) is 9.36 Å². The summed E-state index contributed by atoms with van der Waals surface area (Å²) >= 11 is 1.43. The predicted molar refractivity (Wildman–Crippen MR) is 119 cm³/mol. The fourth-order valence-corrected chi connectivity index (χ4v) is 5.44. The largest absolute Gasteiger partial charge is 0.376 e. The molecule has 6 nitrogen and oxygen atoms in total. The Morgan fingerprint density at radius 2 is 1.94 bits per heavy atom. The van der Waals surface area contributed by atoms with E-state index in [1.54, 1.807) is 12.1 Å². The fraction of sp³-hybridized carbons (Fsp3) is 0.609. The average Bonchev–Trinajstić information content (AvgIpc) is 3.45. The molecule has 8 heteroatoms. The molecule has 2 fully saturated rings. The van der Waals surface area contributed by atoms with Gasteiger partial charge in [0.2, 0.25) is 5.91 Å². The first-order valence-corrected chi connectivity index (χ1v) is 12.4. The van der Waals surface area contributed by atoms with Gasteiger partial charge in [0.25, 0.3) is 0 Å². The molecule has 0 radical (unpaired) electrons. The van der Waals surface area contributed by atoms with Crippen LogP contribution in [0.15, 0.2) is 29.4 Å². The summed E-state index contributed by atoms with van der Waals surface area (Å²) in [5.41, 5.74) is 0.808. The van der Waals surface area contributed by atoms with Gasteiger partial charge >= 0.3 is 0 Å². The lowest BCUT2D eigenvalue weighted by Crippen LogP contribution is -2.42. The van der Waals surface area contributed by atoms with E-state index < -0.39 is 0 Å². The van der Waals surface area contributed by atoms with Crippen molar-refractivity contribution < 1.29 is 13.9 Å². The van der Waals surface area contributed by atoms with Crippen molar-refractivity contribution in [2.45, 2.75) is 75.7 Å². The Kier molecular flexibility index (Phi) is 7.61. The van der Waals surface area contributed by atoms with E-state index in [0.29, 0.717) is 29.3 Å². The first-order chi connectivity index (χ1) is 15.2. The Bertz CT molecular complexity index is 861. The van der Waals surface area contributed by atoms with E-state index in [1.807, 2.05) is 9.47 Å². The third-order valence-corrected chi connectivity index (χ3v) is 7.18. The van der Waals surface area contributed by atoms with E-state index in [1.165, 1.54) is 43.2 Å². The minimum absolute atomic E-state index is 0.111. The summed E-state index contributed by atoms with van der Waals surface area (Å²) in [7, 11) is 0. The van der Waals surface area contributed by atoms with E-state index in [9.17, 15) is 9.18 Å². The molecule has 1 aliphatic heterocycles. The zero-order chi connectivity index (χ0) is 21.6. The summed E-state index contributed by atoms with van der Waals surface area (Å²) in [5, 5.41) is 9.47. The van der Waals surface area contributed by atoms with E-state index >= 15 is 0 Å². The molecular formula is C23H31FN4O2S. The molecule has 1 saturated heterocycles. The van der Waals surface area contributed by atoms with Crippen molar-refractivity contribution in [3.8, 4) is 11.4 Å². The minimum atomic E-state index is -0.281. The molecule has 168 valence electrons. The molecule has 2 aliphatic rings. The Balaban J connectivity index is 1.50. The molecule has 31 heavy (non-hydrogen) atoms. The van der Waals surface area contributed by atoms with Crippen molar-refractivity contribution in [1.29, 1.82) is 0 Å².